The van der Waals surface area contributed by atoms with Crippen molar-refractivity contribution in [3.8, 4) is 0 Å². The molecule has 8 N–H and O–H groups in total. The van der Waals surface area contributed by atoms with Crippen molar-refractivity contribution in [2.24, 2.45) is 40.9 Å². The summed E-state index contributed by atoms with van der Waals surface area (Å²) in [5, 5.41) is 83.4. The number of methoxy groups -OCH3 is 1. The fraction of sp³-hybridized carbons (Fsp3) is 0.776. The molecule has 27 nitrogen and oxygen atoms in total. The number of hydrogen-bond donors (Lipinski definition) is 8. The lowest BCUT2D eigenvalue weighted by Crippen LogP contribution is -3.17. The first-order chi connectivity index (χ1) is 44.3. The van der Waals surface area contributed by atoms with Crippen LogP contribution in [0.2, 0.25) is 0 Å². The molecule has 1 spiro atoms. The summed E-state index contributed by atoms with van der Waals surface area (Å²) >= 11 is 0. The van der Waals surface area contributed by atoms with E-state index < -0.39 is 216 Å². The number of aliphatic hydroxyl groups excluding tert-OH is 5. The van der Waals surface area contributed by atoms with Gasteiger partial charge in [-0.1, -0.05) is 50.6 Å². The topological polar surface area (TPSA) is 366 Å². The normalized spacial score (nSPS) is 48.2. The number of aliphatic hydroxyl groups is 5. The predicted octanol–water partition coefficient (Wildman–Crippen LogP) is 3.83. The van der Waals surface area contributed by atoms with Gasteiger partial charge in [0.25, 0.3) is 0 Å². The molecule has 27 heteroatoms. The van der Waals surface area contributed by atoms with Crippen molar-refractivity contribution >= 4 is 30.1 Å². The number of amides is 1. The molecule has 1 unspecified atom stereocenters. The van der Waals surface area contributed by atoms with Crippen LogP contribution in [0.4, 0.5) is 4.79 Å². The third kappa shape index (κ3) is 14.1. The van der Waals surface area contributed by atoms with Crippen LogP contribution in [0.25, 0.3) is 0 Å². The first-order valence-corrected chi connectivity index (χ1v) is 33.2. The Morgan fingerprint density at radius 1 is 0.713 bits per heavy atom. The number of quaternary nitrogens is 1. The van der Waals surface area contributed by atoms with E-state index in [2.05, 4.69) is 12.2 Å². The van der Waals surface area contributed by atoms with Crippen LogP contribution in [0, 0.1) is 46.1 Å². The van der Waals surface area contributed by atoms with Gasteiger partial charge in [-0.25, -0.2) is 20.0 Å². The molecule has 6 heterocycles. The number of alkyl carbamates (subject to hydrolysis) is 1. The summed E-state index contributed by atoms with van der Waals surface area (Å²) in [6.45, 7) is 20.8. The van der Waals surface area contributed by atoms with Crippen molar-refractivity contribution < 1.29 is 122 Å². The molecule has 526 valence electrons. The second kappa shape index (κ2) is 28.7. The number of fused-ring (bicyclic) bond motifs is 4. The monoisotopic (exact) mass is 1330 g/mol. The number of aldehydes is 1. The van der Waals surface area contributed by atoms with Crippen LogP contribution < -0.4 is 10.5 Å². The molecule has 6 saturated heterocycles. The van der Waals surface area contributed by atoms with Gasteiger partial charge in [-0.2, -0.15) is 0 Å². The zero-order valence-corrected chi connectivity index (χ0v) is 55.9. The number of nitrogens with one attached hydrogen (secondary N) is 2. The van der Waals surface area contributed by atoms with Gasteiger partial charge in [0.1, 0.15) is 42.0 Å². The number of carbonyl (C=O) groups is 5. The molecule has 31 atom stereocenters. The van der Waals surface area contributed by atoms with Crippen molar-refractivity contribution in [3.05, 3.63) is 63.6 Å². The Bertz CT molecular complexity index is 2930. The molecule has 7 fully saturated rings. The van der Waals surface area contributed by atoms with E-state index in [1.54, 1.807) is 47.6 Å². The molecule has 0 aromatic rings. The second-order valence-electron chi connectivity index (χ2n) is 28.5. The predicted molar refractivity (Wildman–Crippen MR) is 326 cm³/mol. The van der Waals surface area contributed by atoms with E-state index in [0.717, 1.165) is 7.11 Å². The van der Waals surface area contributed by atoms with Gasteiger partial charge < -0.3 is 97.6 Å². The van der Waals surface area contributed by atoms with Gasteiger partial charge in [0.05, 0.1) is 86.6 Å². The summed E-state index contributed by atoms with van der Waals surface area (Å²) in [4.78, 5) is 68.1. The summed E-state index contributed by atoms with van der Waals surface area (Å²) in [6.07, 6.45) is -8.27. The van der Waals surface area contributed by atoms with Crippen LogP contribution in [0.1, 0.15) is 141 Å². The van der Waals surface area contributed by atoms with Crippen molar-refractivity contribution in [3.63, 3.8) is 0 Å². The van der Waals surface area contributed by atoms with Crippen LogP contribution in [-0.2, 0) is 80.8 Å². The zero-order chi connectivity index (χ0) is 68.4. The minimum absolute atomic E-state index is 0.00521. The molecule has 2 bridgehead atoms. The van der Waals surface area contributed by atoms with E-state index in [9.17, 15) is 55.1 Å². The van der Waals surface area contributed by atoms with E-state index in [4.69, 9.17) is 61.6 Å². The van der Waals surface area contributed by atoms with E-state index in [0.29, 0.717) is 36.7 Å². The maximum Gasteiger partial charge on any atom is 0.407 e. The number of esters is 2. The molecule has 0 aromatic heterocycles. The highest BCUT2D eigenvalue weighted by atomic mass is 16.8. The minimum Gasteiger partial charge on any atom is -0.600 e. The largest absolute Gasteiger partial charge is 0.600 e. The van der Waals surface area contributed by atoms with E-state index in [1.807, 2.05) is 39.0 Å². The molecule has 10 rings (SSSR count). The van der Waals surface area contributed by atoms with Crippen LogP contribution in [-0.4, -0.2) is 208 Å². The summed E-state index contributed by atoms with van der Waals surface area (Å²) < 4.78 is 81.1. The Labute approximate surface area is 547 Å². The Balaban J connectivity index is 0.910. The number of ketones is 1. The average Bonchev–Trinajstić information content (AvgIpc) is 1.35. The van der Waals surface area contributed by atoms with Crippen LogP contribution in [0.3, 0.4) is 0 Å². The summed E-state index contributed by atoms with van der Waals surface area (Å²) in [5.74, 6) is -6.65. The molecular weight excluding hydrogens is 1230 g/mol. The summed E-state index contributed by atoms with van der Waals surface area (Å²) in [5.41, 5.74) is -4.76. The fourth-order valence-electron chi connectivity index (χ4n) is 17.0. The molecule has 1 amide bonds. The van der Waals surface area contributed by atoms with Gasteiger partial charge in [-0.3, -0.25) is 14.4 Å². The van der Waals surface area contributed by atoms with Gasteiger partial charge in [0.15, 0.2) is 48.7 Å². The Morgan fingerprint density at radius 3 is 1.91 bits per heavy atom. The number of allylic oxidation sites excluding steroid dienone is 3. The number of ether oxygens (including phenoxy) is 13. The smallest absolute Gasteiger partial charge is 0.407 e. The number of carbonyl (C=O) groups excluding carboxylic acids is 5. The Kier molecular flexibility index (Phi) is 22.0. The van der Waals surface area contributed by atoms with Gasteiger partial charge in [-0.05, 0) is 110 Å². The lowest BCUT2D eigenvalue weighted by atomic mass is 9.49. The van der Waals surface area contributed by atoms with Crippen molar-refractivity contribution in [2.75, 3.05) is 7.11 Å². The van der Waals surface area contributed by atoms with Crippen molar-refractivity contribution in [1.29, 1.82) is 0 Å². The maximum atomic E-state index is 15.6. The third-order valence-electron chi connectivity index (χ3n) is 21.9. The number of hydrogen-bond acceptors (Lipinski definition) is 25. The van der Waals surface area contributed by atoms with Gasteiger partial charge >= 0.3 is 18.0 Å². The first-order valence-electron chi connectivity index (χ1n) is 33.2. The standard InChI is InChI=1S/C67H98N2O25/c1-29-14-18-47(89-53-27-65(11,69(80)81)60(37(9)87-53)68-64(79)82-13)30(2)21-42-44(73)22-39(28-70)26-67(42)62(77)54(63(78)94-67)61(76)66(12)41(29)16-15-40-55(66)31(3)20-32(4)56(40)92-52-25-48(59(36(8)86-52)88-38(10)71)90-50-23-45(74)58(35(7)84-50)93-51-24-46(75)57(34(6)85-51)91-49-19-17-43(72)33(5)83-49/h14-16,21-22,28,31-37,40-53,55-60,69,72-76,80H,17-20,23-27H2,1-13H3,(H,68,79)/b29-14+,30-21+,61-54?/t31-,32-,33-,34+,35+,36+,37+,40+,41+,42-,43+,44-,45-,46+,47+,48-,49+,50-,51+,52+,53+,55+,56+,57-,58-,59-,60-,65-,66-,67-/m1/s1. The summed E-state index contributed by atoms with van der Waals surface area (Å²) in [7, 11) is 1.16. The third-order valence-corrected chi connectivity index (χ3v) is 21.9. The van der Waals surface area contributed by atoms with Gasteiger partial charge in [-0.15, -0.1) is 0 Å². The molecule has 0 radical (unpaired) electrons. The van der Waals surface area contributed by atoms with Crippen LogP contribution in [0.15, 0.2) is 58.4 Å². The van der Waals surface area contributed by atoms with E-state index in [-0.39, 0.29) is 49.5 Å². The zero-order valence-electron chi connectivity index (χ0n) is 55.9. The molecule has 10 aliphatic rings. The number of hydroxylamine groups is 2. The summed E-state index contributed by atoms with van der Waals surface area (Å²) in [6, 6.07) is -1.03. The van der Waals surface area contributed by atoms with E-state index in [1.165, 1.54) is 19.9 Å². The van der Waals surface area contributed by atoms with E-state index >= 15 is 4.79 Å². The van der Waals surface area contributed by atoms with Crippen molar-refractivity contribution in [2.45, 2.75) is 281 Å². The van der Waals surface area contributed by atoms with Crippen LogP contribution >= 0.6 is 0 Å². The highest BCUT2D eigenvalue weighted by Crippen LogP contribution is 2.61. The highest BCUT2D eigenvalue weighted by molar-refractivity contribution is 6.26. The van der Waals surface area contributed by atoms with Gasteiger partial charge in [0.2, 0.25) is 5.78 Å². The van der Waals surface area contributed by atoms with Crippen molar-refractivity contribution in [1.82, 2.24) is 5.32 Å². The van der Waals surface area contributed by atoms with Crippen LogP contribution in [0.5, 0.6) is 0 Å². The molecule has 0 aromatic carbocycles. The Hall–Kier alpha value is -4.63. The highest BCUT2D eigenvalue weighted by Gasteiger charge is 2.65. The maximum absolute atomic E-state index is 15.6. The van der Waals surface area contributed by atoms with Gasteiger partial charge in [0, 0.05) is 56.3 Å². The minimum atomic E-state index is -2.21. The molecule has 4 aliphatic carbocycles. The lowest BCUT2D eigenvalue weighted by Gasteiger charge is -2.56. The quantitative estimate of drug-likeness (QED) is 0.0306. The SMILES string of the molecule is COC(=O)N[C@@H]1[C@H](C)O[C@@H](O[C@H]2C/C=C(\C)[C@@H]3C=C[C@@H]4[C@@H](O[C@H]5C[C@@H](O[C@@H]6C[C@@H](O)[C@H](O[C@H]7C[C@H](O)[C@H](O[C@H]8CC[C@H](O)[C@@H](C)O8)[C@H](C)O7)[C@H](C)O6)[C@H](OC(C)=O)[C@H](C)O5)[C@H](C)C[C@@H](C)[C@@H]4[C@]3(C)C(O)=C3C(=O)O[C@@]4(CC(C=O)=C[C@@H](O)[C@H]4/C=C/2C)C3=O)C[C@@]1(C)[NH+]([O-])O. The first kappa shape index (κ1) is 72.1. The fourth-order valence-corrected chi connectivity index (χ4v) is 17.0. The molecular formula is C67H98N2O25. The average molecular weight is 1330 g/mol. The second-order valence-corrected chi connectivity index (χ2v) is 28.5. The number of rotatable bonds is 14. The molecule has 6 aliphatic heterocycles. The molecule has 1 saturated carbocycles. The Morgan fingerprint density at radius 2 is 1.31 bits per heavy atom. The molecule has 94 heavy (non-hydrogen) atoms. The number of Topliss-reactive ketones (excluding diaryl/α,β-unsaturated/α-hetero) is 1. The lowest BCUT2D eigenvalue weighted by molar-refractivity contribution is -1.09.